The van der Waals surface area contributed by atoms with E-state index < -0.39 is 17.2 Å². The third-order valence-electron chi connectivity index (χ3n) is 4.05. The maximum absolute atomic E-state index is 12.4. The minimum atomic E-state index is -0.623. The zero-order valence-electron chi connectivity index (χ0n) is 16.1. The van der Waals surface area contributed by atoms with Crippen molar-refractivity contribution in [1.29, 1.82) is 0 Å². The summed E-state index contributed by atoms with van der Waals surface area (Å²) in [6, 6.07) is 11.3. The number of aromatic hydroxyl groups is 1. The van der Waals surface area contributed by atoms with Crippen LogP contribution in [0, 0.1) is 13.8 Å². The van der Waals surface area contributed by atoms with Crippen LogP contribution < -0.4 is 10.6 Å². The number of phenolic OH excluding ortho intramolecular Hbond substituents is 1. The van der Waals surface area contributed by atoms with Gasteiger partial charge in [-0.05, 0) is 67.1 Å². The summed E-state index contributed by atoms with van der Waals surface area (Å²) >= 11 is 1.11. The van der Waals surface area contributed by atoms with Gasteiger partial charge in [-0.3, -0.25) is 10.1 Å². The van der Waals surface area contributed by atoms with Crippen molar-refractivity contribution in [1.82, 2.24) is 25.5 Å². The van der Waals surface area contributed by atoms with E-state index in [0.717, 1.165) is 22.9 Å². The van der Waals surface area contributed by atoms with Crippen molar-refractivity contribution in [2.45, 2.75) is 31.2 Å². The van der Waals surface area contributed by atoms with E-state index in [-0.39, 0.29) is 5.75 Å². The number of aryl methyl sites for hydroxylation is 2. The van der Waals surface area contributed by atoms with Gasteiger partial charge in [0.15, 0.2) is 0 Å². The van der Waals surface area contributed by atoms with Crippen LogP contribution in [0.1, 0.15) is 18.1 Å². The lowest BCUT2D eigenvalue weighted by Gasteiger charge is -2.13. The van der Waals surface area contributed by atoms with Crippen LogP contribution in [0.4, 0.5) is 10.5 Å². The Morgan fingerprint density at radius 1 is 1.14 bits per heavy atom. The predicted molar refractivity (Wildman–Crippen MR) is 109 cm³/mol. The van der Waals surface area contributed by atoms with Gasteiger partial charge in [0.25, 0.3) is 0 Å². The molecule has 2 aromatic carbocycles. The van der Waals surface area contributed by atoms with Crippen molar-refractivity contribution in [3.05, 3.63) is 53.6 Å². The lowest BCUT2D eigenvalue weighted by molar-refractivity contribution is -0.119. The Hall–Kier alpha value is -3.40. The zero-order valence-corrected chi connectivity index (χ0v) is 16.9. The second kappa shape index (κ2) is 8.74. The molecule has 0 unspecified atom stereocenters. The van der Waals surface area contributed by atoms with Crippen LogP contribution in [0.3, 0.4) is 0 Å². The molecule has 0 aliphatic carbocycles. The molecule has 1 heterocycles. The van der Waals surface area contributed by atoms with Crippen LogP contribution >= 0.6 is 11.8 Å². The quantitative estimate of drug-likeness (QED) is 0.551. The number of rotatable bonds is 5. The first kappa shape index (κ1) is 20.3. The number of aromatic nitrogens is 4. The number of imide groups is 1. The van der Waals surface area contributed by atoms with Gasteiger partial charge < -0.3 is 10.4 Å². The van der Waals surface area contributed by atoms with E-state index in [4.69, 9.17) is 0 Å². The molecule has 0 fully saturated rings. The number of phenols is 1. The summed E-state index contributed by atoms with van der Waals surface area (Å²) in [7, 11) is 0. The molecule has 3 N–H and O–H groups in total. The molecule has 0 bridgehead atoms. The number of carbonyl (C=O) groups excluding carboxylic acids is 2. The van der Waals surface area contributed by atoms with Gasteiger partial charge in [-0.25, -0.2) is 4.79 Å². The molecular weight excluding hydrogens is 392 g/mol. The van der Waals surface area contributed by atoms with Gasteiger partial charge in [0.05, 0.1) is 10.9 Å². The van der Waals surface area contributed by atoms with Gasteiger partial charge >= 0.3 is 6.03 Å². The van der Waals surface area contributed by atoms with Gasteiger partial charge in [-0.2, -0.15) is 4.68 Å². The Morgan fingerprint density at radius 2 is 1.86 bits per heavy atom. The van der Waals surface area contributed by atoms with Crippen LogP contribution in [0.2, 0.25) is 0 Å². The van der Waals surface area contributed by atoms with E-state index in [1.807, 2.05) is 26.0 Å². The highest BCUT2D eigenvalue weighted by Gasteiger charge is 2.21. The number of hydrogen-bond donors (Lipinski definition) is 3. The smallest absolute Gasteiger partial charge is 0.325 e. The molecule has 1 aromatic heterocycles. The minimum absolute atomic E-state index is 0.124. The van der Waals surface area contributed by atoms with Crippen LogP contribution in [-0.2, 0) is 4.79 Å². The highest BCUT2D eigenvalue weighted by Crippen LogP contribution is 2.24. The molecule has 9 nitrogen and oxygen atoms in total. The first-order valence-corrected chi connectivity index (χ1v) is 9.65. The molecule has 0 saturated carbocycles. The number of nitrogens with zero attached hydrogens (tertiary/aromatic N) is 4. The lowest BCUT2D eigenvalue weighted by Crippen LogP contribution is -2.39. The molecule has 0 aliphatic heterocycles. The summed E-state index contributed by atoms with van der Waals surface area (Å²) in [4.78, 5) is 24.6. The Kier molecular flexibility index (Phi) is 6.13. The summed E-state index contributed by atoms with van der Waals surface area (Å²) in [6.07, 6.45) is 0. The van der Waals surface area contributed by atoms with Crippen molar-refractivity contribution in [2.75, 3.05) is 5.32 Å². The third kappa shape index (κ3) is 5.11. The largest absolute Gasteiger partial charge is 0.508 e. The fourth-order valence-electron chi connectivity index (χ4n) is 2.54. The van der Waals surface area contributed by atoms with E-state index in [9.17, 15) is 14.7 Å². The van der Waals surface area contributed by atoms with Crippen molar-refractivity contribution in [3.8, 4) is 11.4 Å². The maximum Gasteiger partial charge on any atom is 0.325 e. The van der Waals surface area contributed by atoms with Crippen molar-refractivity contribution in [2.24, 2.45) is 0 Å². The van der Waals surface area contributed by atoms with Crippen LogP contribution in [0.25, 0.3) is 5.69 Å². The molecule has 0 saturated heterocycles. The highest BCUT2D eigenvalue weighted by molar-refractivity contribution is 8.00. The second-order valence-electron chi connectivity index (χ2n) is 6.41. The molecule has 10 heteroatoms. The Bertz CT molecular complexity index is 1030. The number of nitrogens with one attached hydrogen (secondary N) is 2. The Labute approximate surface area is 171 Å². The lowest BCUT2D eigenvalue weighted by atomic mass is 10.1. The molecule has 29 heavy (non-hydrogen) atoms. The van der Waals surface area contributed by atoms with Crippen LogP contribution in [0.5, 0.6) is 5.75 Å². The SMILES string of the molecule is Cc1ccc(NC(=O)NC(=O)[C@H](C)Sc2nnnn2-c2ccc(O)cc2)c(C)c1. The first-order valence-electron chi connectivity index (χ1n) is 8.77. The van der Waals surface area contributed by atoms with Gasteiger partial charge in [-0.1, -0.05) is 29.5 Å². The minimum Gasteiger partial charge on any atom is -0.508 e. The number of amides is 3. The summed E-state index contributed by atoms with van der Waals surface area (Å²) in [5.41, 5.74) is 3.26. The van der Waals surface area contributed by atoms with Gasteiger partial charge in [-0.15, -0.1) is 5.10 Å². The predicted octanol–water partition coefficient (Wildman–Crippen LogP) is 2.81. The van der Waals surface area contributed by atoms with E-state index >= 15 is 0 Å². The third-order valence-corrected chi connectivity index (χ3v) is 5.09. The van der Waals surface area contributed by atoms with Gasteiger partial charge in [0.2, 0.25) is 11.1 Å². The summed E-state index contributed by atoms with van der Waals surface area (Å²) in [5, 5.41) is 25.6. The molecule has 3 aromatic rings. The molecule has 3 amide bonds. The number of hydrogen-bond acceptors (Lipinski definition) is 7. The Balaban J connectivity index is 1.62. The van der Waals surface area contributed by atoms with Crippen molar-refractivity contribution in [3.63, 3.8) is 0 Å². The van der Waals surface area contributed by atoms with Crippen molar-refractivity contribution < 1.29 is 14.7 Å². The Morgan fingerprint density at radius 3 is 2.55 bits per heavy atom. The average molecular weight is 412 g/mol. The fraction of sp³-hybridized carbons (Fsp3) is 0.211. The summed E-state index contributed by atoms with van der Waals surface area (Å²) in [6.45, 7) is 5.50. The van der Waals surface area contributed by atoms with E-state index in [2.05, 4.69) is 26.2 Å². The van der Waals surface area contributed by atoms with E-state index in [0.29, 0.717) is 16.5 Å². The molecule has 3 rings (SSSR count). The monoisotopic (exact) mass is 412 g/mol. The topological polar surface area (TPSA) is 122 Å². The maximum atomic E-state index is 12.4. The molecule has 0 radical (unpaired) electrons. The number of carbonyl (C=O) groups is 2. The molecule has 150 valence electrons. The molecular formula is C19H20N6O3S. The molecule has 0 aliphatic rings. The summed E-state index contributed by atoms with van der Waals surface area (Å²) < 4.78 is 1.45. The second-order valence-corrected chi connectivity index (χ2v) is 7.72. The number of urea groups is 1. The molecule has 0 spiro atoms. The molecule has 1 atom stereocenters. The first-order chi connectivity index (χ1) is 13.8. The highest BCUT2D eigenvalue weighted by atomic mass is 32.2. The average Bonchev–Trinajstić information content (AvgIpc) is 3.12. The van der Waals surface area contributed by atoms with E-state index in [1.165, 1.54) is 16.8 Å². The van der Waals surface area contributed by atoms with Gasteiger partial charge in [0, 0.05) is 5.69 Å². The van der Waals surface area contributed by atoms with Crippen LogP contribution in [-0.4, -0.2) is 42.5 Å². The number of benzene rings is 2. The number of thioether (sulfide) groups is 1. The van der Waals surface area contributed by atoms with Crippen LogP contribution in [0.15, 0.2) is 47.6 Å². The number of tetrazole rings is 1. The standard InChI is InChI=1S/C19H20N6O3S/c1-11-4-9-16(12(2)10-11)20-18(28)21-17(27)13(3)29-19-22-23-24-25(19)14-5-7-15(26)8-6-14/h4-10,13,26H,1-3H3,(H2,20,21,27,28)/t13-/m0/s1. The van der Waals surface area contributed by atoms with E-state index in [1.54, 1.807) is 25.1 Å². The van der Waals surface area contributed by atoms with Crippen molar-refractivity contribution >= 4 is 29.4 Å². The zero-order chi connectivity index (χ0) is 21.0. The fourth-order valence-corrected chi connectivity index (χ4v) is 3.35. The number of anilines is 1. The summed E-state index contributed by atoms with van der Waals surface area (Å²) in [5.74, 6) is -0.351. The van der Waals surface area contributed by atoms with Gasteiger partial charge in [0.1, 0.15) is 5.75 Å². The normalized spacial score (nSPS) is 11.7.